The van der Waals surface area contributed by atoms with Crippen LogP contribution in [0.5, 0.6) is 5.75 Å². The molecule has 0 radical (unpaired) electrons. The van der Waals surface area contributed by atoms with Crippen molar-refractivity contribution in [2.75, 3.05) is 7.11 Å². The Kier molecular flexibility index (Phi) is 5.63. The minimum atomic E-state index is -4.01. The van der Waals surface area contributed by atoms with E-state index < -0.39 is 26.7 Å². The molecule has 0 saturated heterocycles. The number of nitriles is 1. The van der Waals surface area contributed by atoms with E-state index >= 15 is 0 Å². The molecular weight excluding hydrogens is 298 g/mol. The molecule has 1 atom stereocenters. The Morgan fingerprint density at radius 2 is 2.19 bits per heavy atom. The van der Waals surface area contributed by atoms with Gasteiger partial charge in [-0.05, 0) is 18.6 Å². The monoisotopic (exact) mass is 313 g/mol. The van der Waals surface area contributed by atoms with E-state index in [1.54, 1.807) is 0 Å². The Hall–Kier alpha value is -2.18. The van der Waals surface area contributed by atoms with Crippen molar-refractivity contribution < 1.29 is 18.1 Å². The van der Waals surface area contributed by atoms with Crippen LogP contribution in [0.1, 0.15) is 19.8 Å². The number of hydrogen-bond donors (Lipinski definition) is 1. The van der Waals surface area contributed by atoms with Crippen LogP contribution in [0.2, 0.25) is 0 Å². The van der Waals surface area contributed by atoms with Gasteiger partial charge in [0.2, 0.25) is 10.0 Å². The smallest absolute Gasteiger partial charge is 0.312 e. The summed E-state index contributed by atoms with van der Waals surface area (Å²) in [4.78, 5) is 9.88. The molecular formula is C12H15N3O5S. The molecule has 1 N–H and O–H groups in total. The summed E-state index contributed by atoms with van der Waals surface area (Å²) in [5, 5.41) is 19.8. The molecule has 8 nitrogen and oxygen atoms in total. The standard InChI is InChI=1S/C12H15N3O5S/c1-3-4-9(8-13)14-21(18,19)10-5-6-12(20-2)11(7-10)15(16)17/h5-7,9,14H,3-4H2,1-2H3. The lowest BCUT2D eigenvalue weighted by Gasteiger charge is -2.11. The zero-order chi connectivity index (χ0) is 16.0. The van der Waals surface area contributed by atoms with Gasteiger partial charge in [-0.1, -0.05) is 13.3 Å². The van der Waals surface area contributed by atoms with Crippen LogP contribution < -0.4 is 9.46 Å². The van der Waals surface area contributed by atoms with Crippen LogP contribution in [0.15, 0.2) is 23.1 Å². The summed E-state index contributed by atoms with van der Waals surface area (Å²) >= 11 is 0. The van der Waals surface area contributed by atoms with Crippen LogP contribution in [0, 0.1) is 21.4 Å². The molecule has 0 amide bonds. The fourth-order valence-corrected chi connectivity index (χ4v) is 2.87. The molecule has 21 heavy (non-hydrogen) atoms. The Balaban J connectivity index is 3.18. The Morgan fingerprint density at radius 1 is 1.52 bits per heavy atom. The van der Waals surface area contributed by atoms with Gasteiger partial charge >= 0.3 is 5.69 Å². The van der Waals surface area contributed by atoms with Gasteiger partial charge < -0.3 is 4.74 Å². The maximum atomic E-state index is 12.1. The highest BCUT2D eigenvalue weighted by Gasteiger charge is 2.24. The zero-order valence-corrected chi connectivity index (χ0v) is 12.4. The average Bonchev–Trinajstić information content (AvgIpc) is 2.45. The number of benzene rings is 1. The van der Waals surface area contributed by atoms with Crippen LogP contribution in [0.4, 0.5) is 5.69 Å². The summed E-state index contributed by atoms with van der Waals surface area (Å²) in [5.74, 6) is -0.0376. The Morgan fingerprint density at radius 3 is 2.67 bits per heavy atom. The molecule has 0 spiro atoms. The summed E-state index contributed by atoms with van der Waals surface area (Å²) in [5.41, 5.74) is -0.454. The number of hydrogen-bond acceptors (Lipinski definition) is 6. The summed E-state index contributed by atoms with van der Waals surface area (Å²) in [6.45, 7) is 1.82. The van der Waals surface area contributed by atoms with E-state index in [1.807, 2.05) is 13.0 Å². The second-order valence-electron chi connectivity index (χ2n) is 4.18. The number of sulfonamides is 1. The number of nitrogens with one attached hydrogen (secondary N) is 1. The molecule has 1 aromatic rings. The first-order chi connectivity index (χ1) is 9.85. The van der Waals surface area contributed by atoms with Gasteiger partial charge in [-0.2, -0.15) is 9.98 Å². The lowest BCUT2D eigenvalue weighted by atomic mass is 10.2. The van der Waals surface area contributed by atoms with Crippen LogP contribution in [-0.4, -0.2) is 26.5 Å². The number of nitrogens with zero attached hydrogens (tertiary/aromatic N) is 2. The SMILES string of the molecule is CCCC(C#N)NS(=O)(=O)c1ccc(OC)c([N+](=O)[O-])c1. The fraction of sp³-hybridized carbons (Fsp3) is 0.417. The predicted molar refractivity (Wildman–Crippen MR) is 74.3 cm³/mol. The first-order valence-corrected chi connectivity index (χ1v) is 7.58. The number of nitro benzene ring substituents is 1. The Labute approximate surface area is 122 Å². The van der Waals surface area contributed by atoms with E-state index in [1.165, 1.54) is 19.2 Å². The van der Waals surface area contributed by atoms with Gasteiger partial charge in [0.15, 0.2) is 5.75 Å². The maximum absolute atomic E-state index is 12.1. The molecule has 9 heteroatoms. The number of methoxy groups -OCH3 is 1. The van der Waals surface area contributed by atoms with E-state index in [0.29, 0.717) is 12.8 Å². The number of nitro groups is 1. The molecule has 1 rings (SSSR count). The van der Waals surface area contributed by atoms with E-state index in [0.717, 1.165) is 6.07 Å². The first-order valence-electron chi connectivity index (χ1n) is 6.10. The molecule has 0 bridgehead atoms. The van der Waals surface area contributed by atoms with Gasteiger partial charge in [-0.15, -0.1) is 0 Å². The third-order valence-electron chi connectivity index (χ3n) is 2.69. The summed E-state index contributed by atoms with van der Waals surface area (Å²) in [6, 6.07) is 4.26. The van der Waals surface area contributed by atoms with Crippen molar-refractivity contribution in [3.05, 3.63) is 28.3 Å². The maximum Gasteiger partial charge on any atom is 0.312 e. The third-order valence-corrected chi connectivity index (χ3v) is 4.16. The highest BCUT2D eigenvalue weighted by atomic mass is 32.2. The van der Waals surface area contributed by atoms with E-state index in [9.17, 15) is 18.5 Å². The zero-order valence-electron chi connectivity index (χ0n) is 11.6. The highest BCUT2D eigenvalue weighted by Crippen LogP contribution is 2.29. The van der Waals surface area contributed by atoms with Crippen LogP contribution >= 0.6 is 0 Å². The largest absolute Gasteiger partial charge is 0.490 e. The van der Waals surface area contributed by atoms with Crippen molar-refractivity contribution in [3.8, 4) is 11.8 Å². The van der Waals surface area contributed by atoms with Crippen molar-refractivity contribution >= 4 is 15.7 Å². The summed E-state index contributed by atoms with van der Waals surface area (Å²) in [7, 11) is -2.76. The number of ether oxygens (including phenoxy) is 1. The second-order valence-corrected chi connectivity index (χ2v) is 5.90. The lowest BCUT2D eigenvalue weighted by molar-refractivity contribution is -0.386. The molecule has 0 aliphatic heterocycles. The van der Waals surface area contributed by atoms with Crippen molar-refractivity contribution in [3.63, 3.8) is 0 Å². The molecule has 1 aromatic carbocycles. The lowest BCUT2D eigenvalue weighted by Crippen LogP contribution is -2.33. The van der Waals surface area contributed by atoms with Crippen LogP contribution in [0.3, 0.4) is 0 Å². The van der Waals surface area contributed by atoms with Crippen molar-refractivity contribution in [1.29, 1.82) is 5.26 Å². The summed E-state index contributed by atoms with van der Waals surface area (Å²) < 4.78 is 31.3. The minimum absolute atomic E-state index is 0.0376. The highest BCUT2D eigenvalue weighted by molar-refractivity contribution is 7.89. The fourth-order valence-electron chi connectivity index (χ4n) is 1.67. The van der Waals surface area contributed by atoms with Gasteiger partial charge in [-0.3, -0.25) is 10.1 Å². The van der Waals surface area contributed by atoms with Crippen molar-refractivity contribution in [2.45, 2.75) is 30.7 Å². The van der Waals surface area contributed by atoms with Crippen LogP contribution in [0.25, 0.3) is 0 Å². The molecule has 0 fully saturated rings. The number of rotatable bonds is 7. The van der Waals surface area contributed by atoms with Crippen LogP contribution in [-0.2, 0) is 10.0 Å². The second kappa shape index (κ2) is 7.01. The van der Waals surface area contributed by atoms with E-state index in [-0.39, 0.29) is 10.6 Å². The van der Waals surface area contributed by atoms with Gasteiger partial charge in [0.1, 0.15) is 6.04 Å². The normalized spacial score (nSPS) is 12.4. The quantitative estimate of drug-likeness (QED) is 0.602. The summed E-state index contributed by atoms with van der Waals surface area (Å²) in [6.07, 6.45) is 0.984. The molecule has 0 aliphatic carbocycles. The molecule has 114 valence electrons. The molecule has 0 saturated carbocycles. The van der Waals surface area contributed by atoms with Gasteiger partial charge in [0, 0.05) is 6.07 Å². The van der Waals surface area contributed by atoms with E-state index in [4.69, 9.17) is 10.00 Å². The van der Waals surface area contributed by atoms with Gasteiger partial charge in [-0.25, -0.2) is 8.42 Å². The minimum Gasteiger partial charge on any atom is -0.490 e. The molecule has 0 heterocycles. The van der Waals surface area contributed by atoms with E-state index in [2.05, 4.69) is 4.72 Å². The molecule has 0 aliphatic rings. The average molecular weight is 313 g/mol. The predicted octanol–water partition coefficient (Wildman–Crippen LogP) is 1.57. The third kappa shape index (κ3) is 4.14. The topological polar surface area (TPSA) is 122 Å². The van der Waals surface area contributed by atoms with Crippen molar-refractivity contribution in [2.24, 2.45) is 0 Å². The first kappa shape index (κ1) is 16.9. The molecule has 1 unspecified atom stereocenters. The molecule has 0 aromatic heterocycles. The Bertz CT molecular complexity index is 666. The van der Waals surface area contributed by atoms with Gasteiger partial charge in [0.25, 0.3) is 0 Å². The van der Waals surface area contributed by atoms with Crippen molar-refractivity contribution in [1.82, 2.24) is 4.72 Å². The van der Waals surface area contributed by atoms with Gasteiger partial charge in [0.05, 0.1) is 23.0 Å².